The van der Waals surface area contributed by atoms with Crippen LogP contribution in [-0.4, -0.2) is 39.9 Å². The minimum atomic E-state index is -0.786. The van der Waals surface area contributed by atoms with Crippen molar-refractivity contribution in [3.05, 3.63) is 63.3 Å². The number of carbonyl (C=O) groups excluding carboxylic acids is 1. The van der Waals surface area contributed by atoms with Gasteiger partial charge in [0.15, 0.2) is 23.1 Å². The van der Waals surface area contributed by atoms with Gasteiger partial charge in [0.1, 0.15) is 5.76 Å². The summed E-state index contributed by atoms with van der Waals surface area (Å²) in [7, 11) is 1.40. The molecule has 3 N–H and O–H groups in total. The number of amides is 1. The lowest BCUT2D eigenvalue weighted by molar-refractivity contribution is -0.121. The summed E-state index contributed by atoms with van der Waals surface area (Å²) in [6.45, 7) is 5.90. The van der Waals surface area contributed by atoms with Gasteiger partial charge in [-0.25, -0.2) is 0 Å². The first-order valence-corrected chi connectivity index (χ1v) is 11.0. The molecule has 0 aliphatic heterocycles. The van der Waals surface area contributed by atoms with Gasteiger partial charge in [0, 0.05) is 31.4 Å². The average Bonchev–Trinajstić information content (AvgIpc) is 3.27. The SMILES string of the molecule is COc1cc(C(CC(=O)NCCCc2nc(C(C)C)no2)c2oc(C)cc(=O)c2O)ccc1O. The number of phenols is 1. The van der Waals surface area contributed by atoms with Crippen LogP contribution in [0.15, 0.2) is 38.0 Å². The number of aromatic hydroxyl groups is 2. The predicted molar refractivity (Wildman–Crippen MR) is 122 cm³/mol. The zero-order valence-corrected chi connectivity index (χ0v) is 19.6. The van der Waals surface area contributed by atoms with Crippen molar-refractivity contribution < 1.29 is 28.7 Å². The van der Waals surface area contributed by atoms with Crippen LogP contribution in [0.3, 0.4) is 0 Å². The van der Waals surface area contributed by atoms with E-state index >= 15 is 0 Å². The van der Waals surface area contributed by atoms with Crippen LogP contribution in [0.1, 0.15) is 67.3 Å². The zero-order chi connectivity index (χ0) is 24.8. The topological polar surface area (TPSA) is 148 Å². The van der Waals surface area contributed by atoms with Crippen LogP contribution in [-0.2, 0) is 11.2 Å². The molecule has 0 saturated carbocycles. The number of nitrogens with zero attached hydrogens (tertiary/aromatic N) is 2. The number of aryl methyl sites for hydroxylation is 2. The molecule has 10 heteroatoms. The molecule has 2 heterocycles. The highest BCUT2D eigenvalue weighted by atomic mass is 16.5. The molecule has 1 aromatic carbocycles. The summed E-state index contributed by atoms with van der Waals surface area (Å²) >= 11 is 0. The van der Waals surface area contributed by atoms with Crippen molar-refractivity contribution >= 4 is 5.91 Å². The highest BCUT2D eigenvalue weighted by Crippen LogP contribution is 2.37. The Hall–Kier alpha value is -3.82. The number of carbonyl (C=O) groups is 1. The Morgan fingerprint density at radius 1 is 1.24 bits per heavy atom. The summed E-state index contributed by atoms with van der Waals surface area (Å²) in [5, 5.41) is 27.1. The molecule has 0 saturated heterocycles. The third-order valence-corrected chi connectivity index (χ3v) is 5.27. The fourth-order valence-electron chi connectivity index (χ4n) is 3.46. The van der Waals surface area contributed by atoms with Crippen LogP contribution < -0.4 is 15.5 Å². The van der Waals surface area contributed by atoms with Crippen LogP contribution in [0.2, 0.25) is 0 Å². The van der Waals surface area contributed by atoms with Gasteiger partial charge >= 0.3 is 0 Å². The van der Waals surface area contributed by atoms with E-state index in [1.54, 1.807) is 13.0 Å². The van der Waals surface area contributed by atoms with Crippen molar-refractivity contribution in [2.75, 3.05) is 13.7 Å². The molecular formula is C24H29N3O7. The summed E-state index contributed by atoms with van der Waals surface area (Å²) in [6.07, 6.45) is 1.01. The fraction of sp³-hybridized carbons (Fsp3) is 0.417. The predicted octanol–water partition coefficient (Wildman–Crippen LogP) is 3.15. The van der Waals surface area contributed by atoms with Crippen LogP contribution in [0, 0.1) is 6.92 Å². The highest BCUT2D eigenvalue weighted by molar-refractivity contribution is 5.77. The Bertz CT molecular complexity index is 1200. The van der Waals surface area contributed by atoms with Crippen molar-refractivity contribution in [1.82, 2.24) is 15.5 Å². The molecule has 2 aromatic heterocycles. The van der Waals surface area contributed by atoms with Crippen molar-refractivity contribution in [2.45, 2.75) is 51.9 Å². The zero-order valence-electron chi connectivity index (χ0n) is 19.6. The van der Waals surface area contributed by atoms with Gasteiger partial charge in [-0.2, -0.15) is 4.98 Å². The largest absolute Gasteiger partial charge is 0.504 e. The maximum absolute atomic E-state index is 12.8. The lowest BCUT2D eigenvalue weighted by Crippen LogP contribution is -2.27. The Labute approximate surface area is 196 Å². The van der Waals surface area contributed by atoms with E-state index in [2.05, 4.69) is 15.5 Å². The molecule has 0 fully saturated rings. The highest BCUT2D eigenvalue weighted by Gasteiger charge is 2.26. The number of methoxy groups -OCH3 is 1. The molecule has 1 amide bonds. The third-order valence-electron chi connectivity index (χ3n) is 5.27. The first kappa shape index (κ1) is 24.8. The number of rotatable bonds is 10. The monoisotopic (exact) mass is 471 g/mol. The molecule has 0 radical (unpaired) electrons. The Kier molecular flexibility index (Phi) is 7.93. The average molecular weight is 472 g/mol. The van der Waals surface area contributed by atoms with Crippen LogP contribution in [0.5, 0.6) is 17.2 Å². The second-order valence-corrected chi connectivity index (χ2v) is 8.28. The van der Waals surface area contributed by atoms with Gasteiger partial charge in [0.2, 0.25) is 23.0 Å². The van der Waals surface area contributed by atoms with E-state index in [4.69, 9.17) is 13.7 Å². The number of phenolic OH excluding ortho intramolecular Hbond substituents is 1. The van der Waals surface area contributed by atoms with E-state index < -0.39 is 17.1 Å². The van der Waals surface area contributed by atoms with Crippen LogP contribution in [0.4, 0.5) is 0 Å². The van der Waals surface area contributed by atoms with E-state index in [1.165, 1.54) is 25.3 Å². The van der Waals surface area contributed by atoms with Crippen molar-refractivity contribution in [1.29, 1.82) is 0 Å². The van der Waals surface area contributed by atoms with Crippen molar-refractivity contribution in [3.63, 3.8) is 0 Å². The smallest absolute Gasteiger partial charge is 0.227 e. The minimum absolute atomic E-state index is 0.0278. The molecule has 0 spiro atoms. The maximum Gasteiger partial charge on any atom is 0.227 e. The number of nitrogens with one attached hydrogen (secondary N) is 1. The number of benzene rings is 1. The summed E-state index contributed by atoms with van der Waals surface area (Å²) in [5.74, 6) is 0.0568. The van der Waals surface area contributed by atoms with Gasteiger partial charge in [0.25, 0.3) is 0 Å². The van der Waals surface area contributed by atoms with Gasteiger partial charge in [-0.05, 0) is 31.0 Å². The number of ether oxygens (including phenoxy) is 1. The van der Waals surface area contributed by atoms with Gasteiger partial charge in [-0.15, -0.1) is 0 Å². The molecule has 3 rings (SSSR count). The molecule has 1 unspecified atom stereocenters. The second kappa shape index (κ2) is 10.9. The molecule has 0 bridgehead atoms. The number of hydrogen-bond acceptors (Lipinski definition) is 9. The van der Waals surface area contributed by atoms with E-state index in [0.29, 0.717) is 42.4 Å². The lowest BCUT2D eigenvalue weighted by Gasteiger charge is -2.19. The maximum atomic E-state index is 12.8. The summed E-state index contributed by atoms with van der Waals surface area (Å²) in [5.41, 5.74) is -0.0730. The standard InChI is InChI=1S/C24H29N3O7/c1-13(2)24-26-21(34-27-24)6-5-9-25-20(30)12-16(15-7-8-17(28)19(11-15)32-4)23-22(31)18(29)10-14(3)33-23/h7-8,10-11,13,16,28,31H,5-6,9,12H2,1-4H3,(H,25,30). The molecule has 3 aromatic rings. The van der Waals surface area contributed by atoms with Gasteiger partial charge in [-0.3, -0.25) is 9.59 Å². The Morgan fingerprint density at radius 2 is 2.00 bits per heavy atom. The first-order chi connectivity index (χ1) is 16.2. The molecule has 10 nitrogen and oxygen atoms in total. The summed E-state index contributed by atoms with van der Waals surface area (Å²) in [6, 6.07) is 5.71. The van der Waals surface area contributed by atoms with Gasteiger partial charge < -0.3 is 29.2 Å². The van der Waals surface area contributed by atoms with E-state index in [-0.39, 0.29) is 35.5 Å². The number of hydrogen-bond donors (Lipinski definition) is 3. The first-order valence-electron chi connectivity index (χ1n) is 11.0. The molecule has 0 aliphatic rings. The lowest BCUT2D eigenvalue weighted by atomic mass is 9.91. The van der Waals surface area contributed by atoms with Crippen LogP contribution >= 0.6 is 0 Å². The minimum Gasteiger partial charge on any atom is -0.504 e. The van der Waals surface area contributed by atoms with E-state index in [1.807, 2.05) is 13.8 Å². The quantitative estimate of drug-likeness (QED) is 0.379. The fourth-order valence-corrected chi connectivity index (χ4v) is 3.46. The normalized spacial score (nSPS) is 12.0. The Morgan fingerprint density at radius 3 is 2.68 bits per heavy atom. The van der Waals surface area contributed by atoms with E-state index in [0.717, 1.165) is 0 Å². The third kappa shape index (κ3) is 5.94. The van der Waals surface area contributed by atoms with Gasteiger partial charge in [-0.1, -0.05) is 25.1 Å². The molecule has 0 aliphatic carbocycles. The second-order valence-electron chi connectivity index (χ2n) is 8.28. The van der Waals surface area contributed by atoms with E-state index in [9.17, 15) is 19.8 Å². The summed E-state index contributed by atoms with van der Waals surface area (Å²) in [4.78, 5) is 29.2. The van der Waals surface area contributed by atoms with Crippen molar-refractivity contribution in [3.8, 4) is 17.2 Å². The molecular weight excluding hydrogens is 442 g/mol. The molecule has 1 atom stereocenters. The molecule has 182 valence electrons. The van der Waals surface area contributed by atoms with Crippen LogP contribution in [0.25, 0.3) is 0 Å². The Balaban J connectivity index is 1.73. The number of aromatic nitrogens is 2. The van der Waals surface area contributed by atoms with Crippen molar-refractivity contribution in [2.24, 2.45) is 0 Å². The molecule has 34 heavy (non-hydrogen) atoms. The van der Waals surface area contributed by atoms with Gasteiger partial charge in [0.05, 0.1) is 13.0 Å². The summed E-state index contributed by atoms with van der Waals surface area (Å²) < 4.78 is 16.0.